The molecule has 17 heavy (non-hydrogen) atoms. The van der Waals surface area contributed by atoms with E-state index in [-0.39, 0.29) is 5.78 Å². The van der Waals surface area contributed by atoms with Crippen LogP contribution in [-0.2, 0) is 9.53 Å². The number of ether oxygens (including phenoxy) is 1. The molecule has 0 heterocycles. The Kier molecular flexibility index (Phi) is 3.65. The van der Waals surface area contributed by atoms with Gasteiger partial charge in [-0.15, -0.1) is 0 Å². The molecule has 0 aromatic carbocycles. The second-order valence-electron chi connectivity index (χ2n) is 5.67. The zero-order chi connectivity index (χ0) is 13.3. The number of hydrogen-bond acceptors (Lipinski definition) is 3. The average Bonchev–Trinajstić information content (AvgIpc) is 2.07. The van der Waals surface area contributed by atoms with E-state index in [0.29, 0.717) is 18.4 Å². The maximum absolute atomic E-state index is 12.0. The topological polar surface area (TPSA) is 55.4 Å². The Morgan fingerprint density at radius 2 is 1.82 bits per heavy atom. The highest BCUT2D eigenvalue weighted by molar-refractivity contribution is 6.04. The molecule has 0 bridgehead atoms. The minimum absolute atomic E-state index is 0.0883. The Morgan fingerprint density at radius 1 is 1.29 bits per heavy atom. The summed E-state index contributed by atoms with van der Waals surface area (Å²) in [5.41, 5.74) is -0.851. The molecule has 4 nitrogen and oxygen atoms in total. The lowest BCUT2D eigenvalue weighted by Crippen LogP contribution is -2.60. The van der Waals surface area contributed by atoms with Crippen molar-refractivity contribution in [1.82, 2.24) is 5.32 Å². The van der Waals surface area contributed by atoms with Crippen LogP contribution in [0.3, 0.4) is 0 Å². The summed E-state index contributed by atoms with van der Waals surface area (Å²) in [5, 5.41) is 2.70. The number of alkyl carbamates (subject to hydrolysis) is 1. The van der Waals surface area contributed by atoms with Crippen LogP contribution in [0.15, 0.2) is 12.2 Å². The maximum Gasteiger partial charge on any atom is 0.408 e. The SMILES string of the molecule is C=C(C)C(=O)C1(NC(=O)OC(C)(C)C)CCC1. The van der Waals surface area contributed by atoms with Crippen LogP contribution < -0.4 is 5.32 Å². The Bertz CT molecular complexity index is 348. The Labute approximate surface area is 102 Å². The molecule has 1 aliphatic carbocycles. The molecule has 0 atom stereocenters. The van der Waals surface area contributed by atoms with Crippen LogP contribution in [0.4, 0.5) is 4.79 Å². The first-order chi connectivity index (χ1) is 7.66. The number of rotatable bonds is 3. The molecule has 96 valence electrons. The molecule has 1 N–H and O–H groups in total. The van der Waals surface area contributed by atoms with Crippen molar-refractivity contribution in [3.63, 3.8) is 0 Å². The predicted molar refractivity (Wildman–Crippen MR) is 65.8 cm³/mol. The number of Topliss-reactive ketones (excluding diaryl/α,β-unsaturated/α-hetero) is 1. The number of carbonyl (C=O) groups excluding carboxylic acids is 2. The summed E-state index contributed by atoms with van der Waals surface area (Å²) in [7, 11) is 0. The summed E-state index contributed by atoms with van der Waals surface area (Å²) in [6, 6.07) is 0. The van der Waals surface area contributed by atoms with Crippen molar-refractivity contribution in [3.05, 3.63) is 12.2 Å². The van der Waals surface area contributed by atoms with Crippen LogP contribution in [0.1, 0.15) is 47.0 Å². The van der Waals surface area contributed by atoms with Crippen molar-refractivity contribution in [2.24, 2.45) is 0 Å². The number of amides is 1. The monoisotopic (exact) mass is 239 g/mol. The molecule has 0 aromatic rings. The van der Waals surface area contributed by atoms with Gasteiger partial charge in [-0.05, 0) is 52.5 Å². The number of nitrogens with one attached hydrogen (secondary N) is 1. The largest absolute Gasteiger partial charge is 0.444 e. The molecule has 0 unspecified atom stereocenters. The van der Waals surface area contributed by atoms with E-state index in [1.165, 1.54) is 0 Å². The lowest BCUT2D eigenvalue weighted by Gasteiger charge is -2.41. The molecule has 1 rings (SSSR count). The fourth-order valence-corrected chi connectivity index (χ4v) is 1.85. The fraction of sp³-hybridized carbons (Fsp3) is 0.692. The fourth-order valence-electron chi connectivity index (χ4n) is 1.85. The third-order valence-corrected chi connectivity index (χ3v) is 2.77. The zero-order valence-corrected chi connectivity index (χ0v) is 11.1. The summed E-state index contributed by atoms with van der Waals surface area (Å²) in [6.07, 6.45) is 1.73. The second-order valence-corrected chi connectivity index (χ2v) is 5.67. The van der Waals surface area contributed by atoms with Gasteiger partial charge < -0.3 is 10.1 Å². The van der Waals surface area contributed by atoms with Crippen LogP contribution in [0.25, 0.3) is 0 Å². The molecule has 0 aromatic heterocycles. The minimum atomic E-state index is -0.770. The van der Waals surface area contributed by atoms with Gasteiger partial charge in [0.15, 0.2) is 5.78 Å². The highest BCUT2D eigenvalue weighted by Crippen LogP contribution is 2.34. The number of carbonyl (C=O) groups is 2. The van der Waals surface area contributed by atoms with E-state index in [4.69, 9.17) is 4.74 Å². The smallest absolute Gasteiger partial charge is 0.408 e. The molecule has 1 fully saturated rings. The summed E-state index contributed by atoms with van der Waals surface area (Å²) < 4.78 is 5.17. The van der Waals surface area contributed by atoms with E-state index < -0.39 is 17.2 Å². The normalized spacial score (nSPS) is 17.9. The molecule has 0 saturated heterocycles. The molecule has 1 aliphatic rings. The zero-order valence-electron chi connectivity index (χ0n) is 11.1. The molecule has 0 radical (unpaired) electrons. The van der Waals surface area contributed by atoms with Gasteiger partial charge in [-0.25, -0.2) is 4.79 Å². The summed E-state index contributed by atoms with van der Waals surface area (Å²) in [5.74, 6) is -0.0883. The van der Waals surface area contributed by atoms with E-state index in [1.807, 2.05) is 0 Å². The summed E-state index contributed by atoms with van der Waals surface area (Å²) in [6.45, 7) is 10.7. The molecular formula is C13H21NO3. The van der Waals surface area contributed by atoms with Gasteiger partial charge >= 0.3 is 6.09 Å². The van der Waals surface area contributed by atoms with E-state index in [9.17, 15) is 9.59 Å². The summed E-state index contributed by atoms with van der Waals surface area (Å²) in [4.78, 5) is 23.7. The van der Waals surface area contributed by atoms with Gasteiger partial charge in [0.1, 0.15) is 11.1 Å². The van der Waals surface area contributed by atoms with Crippen LogP contribution >= 0.6 is 0 Å². The van der Waals surface area contributed by atoms with Crippen LogP contribution in [-0.4, -0.2) is 23.0 Å². The number of hydrogen-bond donors (Lipinski definition) is 1. The summed E-state index contributed by atoms with van der Waals surface area (Å²) >= 11 is 0. The molecule has 4 heteroatoms. The third-order valence-electron chi connectivity index (χ3n) is 2.77. The van der Waals surface area contributed by atoms with Crippen LogP contribution in [0.2, 0.25) is 0 Å². The van der Waals surface area contributed by atoms with Crippen molar-refractivity contribution in [2.75, 3.05) is 0 Å². The first-order valence-corrected chi connectivity index (χ1v) is 5.88. The lowest BCUT2D eigenvalue weighted by atomic mass is 9.72. The van der Waals surface area contributed by atoms with Gasteiger partial charge in [0.25, 0.3) is 0 Å². The minimum Gasteiger partial charge on any atom is -0.444 e. The quantitative estimate of drug-likeness (QED) is 0.770. The van der Waals surface area contributed by atoms with Crippen molar-refractivity contribution < 1.29 is 14.3 Å². The molecule has 0 spiro atoms. The van der Waals surface area contributed by atoms with E-state index in [1.54, 1.807) is 27.7 Å². The Balaban J connectivity index is 2.67. The van der Waals surface area contributed by atoms with Gasteiger partial charge in [-0.2, -0.15) is 0 Å². The molecule has 1 saturated carbocycles. The van der Waals surface area contributed by atoms with Gasteiger partial charge in [0, 0.05) is 0 Å². The van der Waals surface area contributed by atoms with Crippen molar-refractivity contribution in [3.8, 4) is 0 Å². The van der Waals surface area contributed by atoms with Crippen molar-refractivity contribution in [1.29, 1.82) is 0 Å². The standard InChI is InChI=1S/C13H21NO3/c1-9(2)10(15)13(7-6-8-13)14-11(16)17-12(3,4)5/h1,6-8H2,2-5H3,(H,14,16). The van der Waals surface area contributed by atoms with Crippen molar-refractivity contribution >= 4 is 11.9 Å². The first kappa shape index (κ1) is 13.7. The van der Waals surface area contributed by atoms with E-state index >= 15 is 0 Å². The predicted octanol–water partition coefficient (Wildman–Crippen LogP) is 2.58. The number of ketones is 1. The molecule has 0 aliphatic heterocycles. The van der Waals surface area contributed by atoms with E-state index in [2.05, 4.69) is 11.9 Å². The van der Waals surface area contributed by atoms with Gasteiger partial charge in [0.05, 0.1) is 0 Å². The Morgan fingerprint density at radius 3 is 2.12 bits per heavy atom. The Hall–Kier alpha value is -1.32. The highest BCUT2D eigenvalue weighted by Gasteiger charge is 2.45. The molecular weight excluding hydrogens is 218 g/mol. The van der Waals surface area contributed by atoms with E-state index in [0.717, 1.165) is 6.42 Å². The molecule has 1 amide bonds. The van der Waals surface area contributed by atoms with Crippen LogP contribution in [0, 0.1) is 0 Å². The maximum atomic E-state index is 12.0. The third kappa shape index (κ3) is 3.32. The van der Waals surface area contributed by atoms with Gasteiger partial charge in [-0.1, -0.05) is 6.58 Å². The first-order valence-electron chi connectivity index (χ1n) is 5.88. The highest BCUT2D eigenvalue weighted by atomic mass is 16.6. The van der Waals surface area contributed by atoms with Gasteiger partial charge in [-0.3, -0.25) is 4.79 Å². The average molecular weight is 239 g/mol. The van der Waals surface area contributed by atoms with Gasteiger partial charge in [0.2, 0.25) is 0 Å². The van der Waals surface area contributed by atoms with Crippen LogP contribution in [0.5, 0.6) is 0 Å². The lowest BCUT2D eigenvalue weighted by molar-refractivity contribution is -0.124. The van der Waals surface area contributed by atoms with Crippen molar-refractivity contribution in [2.45, 2.75) is 58.1 Å². The second kappa shape index (κ2) is 4.51.